The quantitative estimate of drug-likeness (QED) is 0.219. The second kappa shape index (κ2) is 12.4. The third-order valence-electron chi connectivity index (χ3n) is 4.06. The van der Waals surface area contributed by atoms with Crippen LogP contribution in [0.15, 0.2) is 54.6 Å². The van der Waals surface area contributed by atoms with Crippen LogP contribution >= 0.6 is 0 Å². The van der Waals surface area contributed by atoms with Gasteiger partial charge in [-0.2, -0.15) is 0 Å². The van der Waals surface area contributed by atoms with Crippen LogP contribution in [0.4, 0.5) is 0 Å². The highest BCUT2D eigenvalue weighted by Crippen LogP contribution is 2.17. The van der Waals surface area contributed by atoms with Crippen LogP contribution in [0.25, 0.3) is 6.08 Å². The fraction of sp³-hybridized carbons (Fsp3) is 0.333. The minimum Gasteiger partial charge on any atom is -0.494 e. The van der Waals surface area contributed by atoms with Crippen LogP contribution in [-0.4, -0.2) is 25.2 Å². The summed E-state index contributed by atoms with van der Waals surface area (Å²) in [7, 11) is 0. The normalized spacial score (nSPS) is 10.7. The summed E-state index contributed by atoms with van der Waals surface area (Å²) in [5, 5.41) is 0. The Kier molecular flexibility index (Phi) is 9.49. The van der Waals surface area contributed by atoms with Crippen LogP contribution in [-0.2, 0) is 9.53 Å². The highest BCUT2D eigenvalue weighted by atomic mass is 16.5. The molecule has 0 bridgehead atoms. The summed E-state index contributed by atoms with van der Waals surface area (Å²) in [6, 6.07) is 13.8. The summed E-state index contributed by atoms with van der Waals surface area (Å²) in [6.07, 6.45) is 7.13. The number of hydrogen-bond donors (Lipinski definition) is 0. The number of benzene rings is 2. The van der Waals surface area contributed by atoms with Crippen molar-refractivity contribution in [2.45, 2.75) is 39.5 Å². The number of esters is 2. The first-order chi connectivity index (χ1) is 14.1. The molecule has 2 rings (SSSR count). The summed E-state index contributed by atoms with van der Waals surface area (Å²) in [5.74, 6) is 0.362. The summed E-state index contributed by atoms with van der Waals surface area (Å²) >= 11 is 0. The molecule has 2 aromatic rings. The van der Waals surface area contributed by atoms with Gasteiger partial charge in [-0.3, -0.25) is 0 Å². The van der Waals surface area contributed by atoms with Crippen LogP contribution in [0.1, 0.15) is 55.5 Å². The van der Waals surface area contributed by atoms with Crippen molar-refractivity contribution in [2.24, 2.45) is 0 Å². The van der Waals surface area contributed by atoms with E-state index in [1.165, 1.54) is 6.08 Å². The third kappa shape index (κ3) is 8.21. The minimum absolute atomic E-state index is 0.375. The number of ether oxygens (including phenoxy) is 3. The van der Waals surface area contributed by atoms with Gasteiger partial charge >= 0.3 is 11.9 Å². The van der Waals surface area contributed by atoms with Crippen LogP contribution in [0.5, 0.6) is 11.5 Å². The van der Waals surface area contributed by atoms with Crippen molar-refractivity contribution in [1.29, 1.82) is 0 Å². The molecule has 0 saturated heterocycles. The van der Waals surface area contributed by atoms with Gasteiger partial charge in [0.05, 0.1) is 18.8 Å². The largest absolute Gasteiger partial charge is 0.494 e. The predicted molar refractivity (Wildman–Crippen MR) is 113 cm³/mol. The van der Waals surface area contributed by atoms with E-state index in [9.17, 15) is 9.59 Å². The number of hydrogen-bond acceptors (Lipinski definition) is 5. The Labute approximate surface area is 172 Å². The van der Waals surface area contributed by atoms with Crippen molar-refractivity contribution in [3.63, 3.8) is 0 Å². The molecule has 29 heavy (non-hydrogen) atoms. The van der Waals surface area contributed by atoms with Gasteiger partial charge in [-0.05, 0) is 60.9 Å². The summed E-state index contributed by atoms with van der Waals surface area (Å²) < 4.78 is 16.0. The van der Waals surface area contributed by atoms with Crippen molar-refractivity contribution >= 4 is 18.0 Å². The zero-order valence-corrected chi connectivity index (χ0v) is 17.1. The highest BCUT2D eigenvalue weighted by molar-refractivity contribution is 5.91. The Morgan fingerprint density at radius 3 is 2.17 bits per heavy atom. The number of carbonyl (C=O) groups is 2. The monoisotopic (exact) mass is 396 g/mol. The van der Waals surface area contributed by atoms with Gasteiger partial charge in [-0.1, -0.05) is 38.8 Å². The molecule has 2 aromatic carbocycles. The average molecular weight is 396 g/mol. The number of unbranched alkanes of at least 4 members (excludes halogenated alkanes) is 2. The van der Waals surface area contributed by atoms with E-state index >= 15 is 0 Å². The molecule has 0 aliphatic heterocycles. The summed E-state index contributed by atoms with van der Waals surface area (Å²) in [5.41, 5.74) is 1.26. The highest BCUT2D eigenvalue weighted by Gasteiger charge is 2.09. The van der Waals surface area contributed by atoms with E-state index in [2.05, 4.69) is 6.92 Å². The molecule has 0 aliphatic carbocycles. The third-order valence-corrected chi connectivity index (χ3v) is 4.06. The smallest absolute Gasteiger partial charge is 0.343 e. The second-order valence-corrected chi connectivity index (χ2v) is 6.54. The topological polar surface area (TPSA) is 61.8 Å². The summed E-state index contributed by atoms with van der Waals surface area (Å²) in [4.78, 5) is 23.8. The fourth-order valence-electron chi connectivity index (χ4n) is 2.46. The average Bonchev–Trinajstić information content (AvgIpc) is 2.75. The SMILES string of the molecule is CCCCCOc1ccc(C(=O)Oc2ccc(/C=C/C(=O)OCCC)cc2)cc1. The second-order valence-electron chi connectivity index (χ2n) is 6.54. The molecule has 0 aliphatic rings. The van der Waals surface area contributed by atoms with E-state index in [1.54, 1.807) is 54.6 Å². The number of rotatable bonds is 11. The van der Waals surface area contributed by atoms with Crippen molar-refractivity contribution in [3.8, 4) is 11.5 Å². The van der Waals surface area contributed by atoms with Gasteiger partial charge in [0.15, 0.2) is 0 Å². The molecule has 0 radical (unpaired) electrons. The van der Waals surface area contributed by atoms with E-state index in [1.807, 2.05) is 6.92 Å². The Bertz CT molecular complexity index is 791. The maximum absolute atomic E-state index is 12.3. The summed E-state index contributed by atoms with van der Waals surface area (Å²) in [6.45, 7) is 5.17. The molecule has 154 valence electrons. The predicted octanol–water partition coefficient (Wildman–Crippen LogP) is 5.44. The Hall–Kier alpha value is -3.08. The number of carbonyl (C=O) groups excluding carboxylic acids is 2. The molecular formula is C24H28O5. The van der Waals surface area contributed by atoms with E-state index < -0.39 is 5.97 Å². The van der Waals surface area contributed by atoms with E-state index in [0.29, 0.717) is 24.5 Å². The zero-order chi connectivity index (χ0) is 20.9. The van der Waals surface area contributed by atoms with Gasteiger partial charge in [0.1, 0.15) is 11.5 Å². The first kappa shape index (κ1) is 22.2. The molecule has 0 spiro atoms. The van der Waals surface area contributed by atoms with E-state index in [4.69, 9.17) is 14.2 Å². The van der Waals surface area contributed by atoms with Gasteiger partial charge in [0, 0.05) is 6.08 Å². The zero-order valence-electron chi connectivity index (χ0n) is 17.1. The first-order valence-corrected chi connectivity index (χ1v) is 10.0. The van der Waals surface area contributed by atoms with Crippen molar-refractivity contribution in [3.05, 3.63) is 65.7 Å². The minimum atomic E-state index is -0.436. The van der Waals surface area contributed by atoms with Gasteiger partial charge < -0.3 is 14.2 Å². The van der Waals surface area contributed by atoms with Crippen LogP contribution < -0.4 is 9.47 Å². The molecule has 0 aromatic heterocycles. The maximum Gasteiger partial charge on any atom is 0.343 e. The van der Waals surface area contributed by atoms with Crippen LogP contribution in [0, 0.1) is 0 Å². The molecule has 5 heteroatoms. The van der Waals surface area contributed by atoms with Gasteiger partial charge in [-0.15, -0.1) is 0 Å². The molecule has 0 saturated carbocycles. The van der Waals surface area contributed by atoms with Crippen molar-refractivity contribution in [2.75, 3.05) is 13.2 Å². The fourth-order valence-corrected chi connectivity index (χ4v) is 2.46. The van der Waals surface area contributed by atoms with E-state index in [-0.39, 0.29) is 5.97 Å². The lowest BCUT2D eigenvalue weighted by Gasteiger charge is -2.07. The van der Waals surface area contributed by atoms with Crippen LogP contribution in [0.2, 0.25) is 0 Å². The van der Waals surface area contributed by atoms with E-state index in [0.717, 1.165) is 37.0 Å². The molecule has 0 amide bonds. The molecule has 0 atom stereocenters. The van der Waals surface area contributed by atoms with Gasteiger partial charge in [-0.25, -0.2) is 9.59 Å². The Morgan fingerprint density at radius 1 is 0.828 bits per heavy atom. The molecule has 5 nitrogen and oxygen atoms in total. The van der Waals surface area contributed by atoms with Crippen molar-refractivity contribution < 1.29 is 23.8 Å². The maximum atomic E-state index is 12.3. The molecular weight excluding hydrogens is 368 g/mol. The molecule has 0 N–H and O–H groups in total. The van der Waals surface area contributed by atoms with Gasteiger partial charge in [0.25, 0.3) is 0 Å². The Balaban J connectivity index is 1.85. The molecule has 0 fully saturated rings. The van der Waals surface area contributed by atoms with Crippen molar-refractivity contribution in [1.82, 2.24) is 0 Å². The molecule has 0 heterocycles. The standard InChI is InChI=1S/C24H28O5/c1-3-5-6-18-27-21-14-10-20(11-15-21)24(26)29-22-12-7-19(8-13-22)9-16-23(25)28-17-4-2/h7-16H,3-6,17-18H2,1-2H3/b16-9+. The lowest BCUT2D eigenvalue weighted by atomic mass is 10.2. The molecule has 0 unspecified atom stereocenters. The lowest BCUT2D eigenvalue weighted by molar-refractivity contribution is -0.137. The lowest BCUT2D eigenvalue weighted by Crippen LogP contribution is -2.08. The first-order valence-electron chi connectivity index (χ1n) is 10.0. The Morgan fingerprint density at radius 2 is 1.52 bits per heavy atom. The van der Waals surface area contributed by atoms with Gasteiger partial charge in [0.2, 0.25) is 0 Å². The van der Waals surface area contributed by atoms with Crippen LogP contribution in [0.3, 0.4) is 0 Å².